The molecular weight excluding hydrogens is 290 g/mol. The van der Waals surface area contributed by atoms with Crippen LogP contribution in [0, 0.1) is 0 Å². The Bertz CT molecular complexity index is 544. The molecule has 0 saturated carbocycles. The van der Waals surface area contributed by atoms with E-state index in [1.807, 2.05) is 0 Å². The smallest absolute Gasteiger partial charge is 0.328 e. The van der Waals surface area contributed by atoms with E-state index in [0.717, 1.165) is 0 Å². The van der Waals surface area contributed by atoms with Gasteiger partial charge in [-0.1, -0.05) is 12.1 Å². The first-order valence-electron chi connectivity index (χ1n) is 6.53. The normalized spacial score (nSPS) is 13.0. The van der Waals surface area contributed by atoms with Gasteiger partial charge in [-0.2, -0.15) is 0 Å². The molecule has 8 nitrogen and oxygen atoms in total. The number of phenols is 1. The summed E-state index contributed by atoms with van der Waals surface area (Å²) < 4.78 is 4.63. The number of nitrogens with one attached hydrogen (secondary N) is 1. The third-order valence-electron chi connectivity index (χ3n) is 2.94. The van der Waals surface area contributed by atoms with E-state index in [1.165, 1.54) is 19.2 Å². The van der Waals surface area contributed by atoms with Gasteiger partial charge in [0.25, 0.3) is 0 Å². The molecule has 0 heterocycles. The van der Waals surface area contributed by atoms with Gasteiger partial charge in [-0.15, -0.1) is 0 Å². The SMILES string of the molecule is COC(=O)[C@H](Cc1ccc(O)cc1)NC(=O)[C@@H](N)CC(N)=O. The molecular formula is C14H19N3O5. The van der Waals surface area contributed by atoms with Crippen molar-refractivity contribution in [2.75, 3.05) is 7.11 Å². The van der Waals surface area contributed by atoms with E-state index >= 15 is 0 Å². The summed E-state index contributed by atoms with van der Waals surface area (Å²) in [5.41, 5.74) is 11.2. The second-order valence-corrected chi connectivity index (χ2v) is 4.73. The van der Waals surface area contributed by atoms with Crippen LogP contribution < -0.4 is 16.8 Å². The van der Waals surface area contributed by atoms with Crippen molar-refractivity contribution < 1.29 is 24.2 Å². The molecule has 1 rings (SSSR count). The Hall–Kier alpha value is -2.61. The highest BCUT2D eigenvalue weighted by molar-refractivity contribution is 5.90. The Morgan fingerprint density at radius 1 is 1.27 bits per heavy atom. The number of ether oxygens (including phenoxy) is 1. The molecule has 2 atom stereocenters. The summed E-state index contributed by atoms with van der Waals surface area (Å²) in [5.74, 6) is -1.94. The van der Waals surface area contributed by atoms with E-state index in [-0.39, 0.29) is 18.6 Å². The number of hydrogen-bond donors (Lipinski definition) is 4. The Kier molecular flexibility index (Phi) is 6.33. The van der Waals surface area contributed by atoms with Gasteiger partial charge < -0.3 is 26.6 Å². The second kappa shape index (κ2) is 7.99. The fourth-order valence-electron chi connectivity index (χ4n) is 1.79. The lowest BCUT2D eigenvalue weighted by molar-refractivity contribution is -0.145. The number of carbonyl (C=O) groups is 3. The van der Waals surface area contributed by atoms with Gasteiger partial charge in [0.15, 0.2) is 0 Å². The lowest BCUT2D eigenvalue weighted by Gasteiger charge is -2.19. The van der Waals surface area contributed by atoms with E-state index < -0.39 is 29.9 Å². The van der Waals surface area contributed by atoms with Crippen LogP contribution in [0.2, 0.25) is 0 Å². The van der Waals surface area contributed by atoms with Crippen LogP contribution in [0.1, 0.15) is 12.0 Å². The molecule has 0 unspecified atom stereocenters. The van der Waals surface area contributed by atoms with E-state index in [1.54, 1.807) is 12.1 Å². The van der Waals surface area contributed by atoms with Crippen LogP contribution >= 0.6 is 0 Å². The molecule has 22 heavy (non-hydrogen) atoms. The number of benzene rings is 1. The van der Waals surface area contributed by atoms with Crippen molar-refractivity contribution in [2.24, 2.45) is 11.5 Å². The molecule has 8 heteroatoms. The minimum atomic E-state index is -1.13. The Labute approximate surface area is 127 Å². The Balaban J connectivity index is 2.76. The fraction of sp³-hybridized carbons (Fsp3) is 0.357. The van der Waals surface area contributed by atoms with E-state index in [9.17, 15) is 19.5 Å². The summed E-state index contributed by atoms with van der Waals surface area (Å²) in [6.45, 7) is 0. The minimum Gasteiger partial charge on any atom is -0.508 e. The predicted molar refractivity (Wildman–Crippen MR) is 77.5 cm³/mol. The second-order valence-electron chi connectivity index (χ2n) is 4.73. The number of esters is 1. The quantitative estimate of drug-likeness (QED) is 0.465. The standard InChI is InChI=1S/C14H19N3O5/c1-22-14(21)11(6-8-2-4-9(18)5-3-8)17-13(20)10(15)7-12(16)19/h2-5,10-11,18H,6-7,15H2,1H3,(H2,16,19)(H,17,20)/t10-,11-/m0/s1. The van der Waals surface area contributed by atoms with Crippen LogP contribution in [0.4, 0.5) is 0 Å². The maximum Gasteiger partial charge on any atom is 0.328 e. The lowest BCUT2D eigenvalue weighted by Crippen LogP contribution is -2.50. The average Bonchev–Trinajstić information content (AvgIpc) is 2.47. The number of carbonyl (C=O) groups excluding carboxylic acids is 3. The van der Waals surface area contributed by atoms with Crippen LogP contribution in [-0.2, 0) is 25.5 Å². The van der Waals surface area contributed by atoms with Gasteiger partial charge in [-0.3, -0.25) is 9.59 Å². The molecule has 6 N–H and O–H groups in total. The van der Waals surface area contributed by atoms with Gasteiger partial charge in [0.05, 0.1) is 19.6 Å². The summed E-state index contributed by atoms with van der Waals surface area (Å²) in [6.07, 6.45) is -0.166. The van der Waals surface area contributed by atoms with Crippen molar-refractivity contribution >= 4 is 17.8 Å². The summed E-state index contributed by atoms with van der Waals surface area (Å²) in [7, 11) is 1.20. The van der Waals surface area contributed by atoms with Crippen LogP contribution in [0.25, 0.3) is 0 Å². The fourth-order valence-corrected chi connectivity index (χ4v) is 1.79. The number of phenolic OH excluding ortho intramolecular Hbond substituents is 1. The number of aromatic hydroxyl groups is 1. The van der Waals surface area contributed by atoms with Crippen molar-refractivity contribution in [2.45, 2.75) is 24.9 Å². The van der Waals surface area contributed by atoms with Gasteiger partial charge in [0, 0.05) is 6.42 Å². The molecule has 0 radical (unpaired) electrons. The van der Waals surface area contributed by atoms with Crippen molar-refractivity contribution in [1.29, 1.82) is 0 Å². The zero-order chi connectivity index (χ0) is 16.7. The molecule has 0 aliphatic rings. The van der Waals surface area contributed by atoms with E-state index in [0.29, 0.717) is 5.56 Å². The van der Waals surface area contributed by atoms with E-state index in [4.69, 9.17) is 11.5 Å². The number of rotatable bonds is 7. The maximum absolute atomic E-state index is 11.9. The van der Waals surface area contributed by atoms with Gasteiger partial charge >= 0.3 is 5.97 Å². The Morgan fingerprint density at radius 2 is 1.86 bits per heavy atom. The average molecular weight is 309 g/mol. The molecule has 0 spiro atoms. The zero-order valence-electron chi connectivity index (χ0n) is 12.1. The van der Waals surface area contributed by atoms with Crippen LogP contribution in [0.3, 0.4) is 0 Å². The summed E-state index contributed by atoms with van der Waals surface area (Å²) in [6, 6.07) is 4.06. The van der Waals surface area contributed by atoms with Crippen molar-refractivity contribution in [3.63, 3.8) is 0 Å². The third kappa shape index (κ3) is 5.41. The molecule has 2 amide bonds. The van der Waals surface area contributed by atoms with Gasteiger partial charge in [0.2, 0.25) is 11.8 Å². The third-order valence-corrected chi connectivity index (χ3v) is 2.94. The first-order valence-corrected chi connectivity index (χ1v) is 6.53. The maximum atomic E-state index is 11.9. The summed E-state index contributed by atoms with van der Waals surface area (Å²) in [4.78, 5) is 34.4. The largest absolute Gasteiger partial charge is 0.508 e. The van der Waals surface area contributed by atoms with Gasteiger partial charge in [-0.25, -0.2) is 4.79 Å². The van der Waals surface area contributed by atoms with Gasteiger partial charge in [0.1, 0.15) is 11.8 Å². The molecule has 0 aliphatic carbocycles. The lowest BCUT2D eigenvalue weighted by atomic mass is 10.0. The topological polar surface area (TPSA) is 145 Å². The van der Waals surface area contributed by atoms with Crippen LogP contribution in [0.5, 0.6) is 5.75 Å². The highest BCUT2D eigenvalue weighted by Crippen LogP contribution is 2.12. The monoisotopic (exact) mass is 309 g/mol. The molecule has 1 aromatic rings. The van der Waals surface area contributed by atoms with Gasteiger partial charge in [-0.05, 0) is 17.7 Å². The number of methoxy groups -OCH3 is 1. The van der Waals surface area contributed by atoms with Crippen LogP contribution in [0.15, 0.2) is 24.3 Å². The number of hydrogen-bond acceptors (Lipinski definition) is 6. The zero-order valence-corrected chi connectivity index (χ0v) is 12.1. The molecule has 120 valence electrons. The molecule has 0 bridgehead atoms. The molecule has 1 aromatic carbocycles. The van der Waals surface area contributed by atoms with Crippen molar-refractivity contribution in [3.05, 3.63) is 29.8 Å². The molecule has 0 aromatic heterocycles. The molecule has 0 aliphatic heterocycles. The van der Waals surface area contributed by atoms with E-state index in [2.05, 4.69) is 10.1 Å². The predicted octanol–water partition coefficient (Wildman–Crippen LogP) is -1.20. The first-order chi connectivity index (χ1) is 10.3. The summed E-state index contributed by atoms with van der Waals surface area (Å²) >= 11 is 0. The highest BCUT2D eigenvalue weighted by atomic mass is 16.5. The number of amides is 2. The summed E-state index contributed by atoms with van der Waals surface area (Å²) in [5, 5.41) is 11.7. The number of nitrogens with two attached hydrogens (primary N) is 2. The Morgan fingerprint density at radius 3 is 2.36 bits per heavy atom. The van der Waals surface area contributed by atoms with Crippen molar-refractivity contribution in [3.8, 4) is 5.75 Å². The van der Waals surface area contributed by atoms with Crippen LogP contribution in [-0.4, -0.2) is 42.1 Å². The minimum absolute atomic E-state index is 0.0888. The number of primary amides is 1. The molecule has 0 fully saturated rings. The first kappa shape index (κ1) is 17.4. The van der Waals surface area contributed by atoms with Crippen molar-refractivity contribution in [1.82, 2.24) is 5.32 Å². The molecule has 0 saturated heterocycles. The highest BCUT2D eigenvalue weighted by Gasteiger charge is 2.25.